The SMILES string of the molecule is C=CC(=O)O.CCCOC(=O)C(C)=CN. The Morgan fingerprint density at radius 2 is 2.00 bits per heavy atom. The van der Waals surface area contributed by atoms with Crippen molar-refractivity contribution in [3.05, 3.63) is 24.4 Å². The van der Waals surface area contributed by atoms with Crippen molar-refractivity contribution in [1.82, 2.24) is 0 Å². The molecule has 0 aliphatic heterocycles. The fourth-order valence-electron chi connectivity index (χ4n) is 0.377. The maximum Gasteiger partial charge on any atom is 0.335 e. The lowest BCUT2D eigenvalue weighted by atomic mass is 10.3. The number of hydrogen-bond acceptors (Lipinski definition) is 4. The molecule has 0 aliphatic rings. The van der Waals surface area contributed by atoms with E-state index < -0.39 is 5.97 Å². The van der Waals surface area contributed by atoms with E-state index >= 15 is 0 Å². The minimum atomic E-state index is -0.981. The molecule has 0 bridgehead atoms. The molecular weight excluding hydrogens is 198 g/mol. The second-order valence-electron chi connectivity index (χ2n) is 2.53. The highest BCUT2D eigenvalue weighted by molar-refractivity contribution is 5.87. The van der Waals surface area contributed by atoms with Gasteiger partial charge in [-0.3, -0.25) is 0 Å². The van der Waals surface area contributed by atoms with Crippen molar-refractivity contribution in [2.24, 2.45) is 5.73 Å². The Bertz CT molecular complexity index is 246. The van der Waals surface area contributed by atoms with Crippen LogP contribution in [0.5, 0.6) is 0 Å². The third-order valence-electron chi connectivity index (χ3n) is 1.18. The number of carbonyl (C=O) groups excluding carboxylic acids is 1. The van der Waals surface area contributed by atoms with Crippen molar-refractivity contribution in [3.63, 3.8) is 0 Å². The van der Waals surface area contributed by atoms with Crippen molar-refractivity contribution in [1.29, 1.82) is 0 Å². The minimum absolute atomic E-state index is 0.329. The molecule has 0 radical (unpaired) electrons. The smallest absolute Gasteiger partial charge is 0.335 e. The summed E-state index contributed by atoms with van der Waals surface area (Å²) in [5.41, 5.74) is 5.53. The number of esters is 1. The van der Waals surface area contributed by atoms with Gasteiger partial charge in [0.1, 0.15) is 0 Å². The lowest BCUT2D eigenvalue weighted by molar-refractivity contribution is -0.139. The Hall–Kier alpha value is -1.78. The van der Waals surface area contributed by atoms with Gasteiger partial charge in [0.15, 0.2) is 0 Å². The highest BCUT2D eigenvalue weighted by Crippen LogP contribution is 1.93. The van der Waals surface area contributed by atoms with Gasteiger partial charge in [0, 0.05) is 17.8 Å². The van der Waals surface area contributed by atoms with Gasteiger partial charge in [-0.1, -0.05) is 13.5 Å². The normalized spacial score (nSPS) is 9.60. The average molecular weight is 215 g/mol. The van der Waals surface area contributed by atoms with Crippen molar-refractivity contribution in [3.8, 4) is 0 Å². The van der Waals surface area contributed by atoms with E-state index in [1.54, 1.807) is 6.92 Å². The first-order valence-corrected chi connectivity index (χ1v) is 4.40. The van der Waals surface area contributed by atoms with Crippen LogP contribution in [0.15, 0.2) is 24.4 Å². The first kappa shape index (κ1) is 15.7. The summed E-state index contributed by atoms with van der Waals surface area (Å²) in [7, 11) is 0. The molecule has 86 valence electrons. The van der Waals surface area contributed by atoms with Gasteiger partial charge >= 0.3 is 11.9 Å². The van der Waals surface area contributed by atoms with Gasteiger partial charge in [0.25, 0.3) is 0 Å². The number of nitrogens with two attached hydrogens (primary N) is 1. The fraction of sp³-hybridized carbons (Fsp3) is 0.400. The Balaban J connectivity index is 0. The Kier molecular flexibility index (Phi) is 10.8. The Labute approximate surface area is 89.2 Å². The molecule has 0 heterocycles. The number of aliphatic carboxylic acids is 1. The number of carbonyl (C=O) groups is 2. The van der Waals surface area contributed by atoms with Crippen LogP contribution in [0.3, 0.4) is 0 Å². The molecule has 0 aliphatic carbocycles. The molecule has 0 aromatic heterocycles. The highest BCUT2D eigenvalue weighted by Gasteiger charge is 2.02. The third-order valence-corrected chi connectivity index (χ3v) is 1.18. The van der Waals surface area contributed by atoms with Gasteiger partial charge in [-0.15, -0.1) is 0 Å². The largest absolute Gasteiger partial charge is 0.478 e. The molecule has 0 saturated heterocycles. The summed E-state index contributed by atoms with van der Waals surface area (Å²) in [6, 6.07) is 0. The molecule has 0 saturated carbocycles. The van der Waals surface area contributed by atoms with Crippen LogP contribution in [-0.2, 0) is 14.3 Å². The van der Waals surface area contributed by atoms with Crippen LogP contribution in [0, 0.1) is 0 Å². The Morgan fingerprint density at radius 3 is 2.27 bits per heavy atom. The molecule has 5 heteroatoms. The maximum atomic E-state index is 10.8. The van der Waals surface area contributed by atoms with Crippen LogP contribution in [0.4, 0.5) is 0 Å². The van der Waals surface area contributed by atoms with Crippen molar-refractivity contribution in [2.45, 2.75) is 20.3 Å². The topological polar surface area (TPSA) is 89.6 Å². The average Bonchev–Trinajstić information content (AvgIpc) is 2.25. The standard InChI is InChI=1S/C7H13NO2.C3H4O2/c1-3-4-10-7(9)6(2)5-8;1-2-3(4)5/h5H,3-4,8H2,1-2H3;2H,1H2,(H,4,5). The molecule has 0 aromatic rings. The van der Waals surface area contributed by atoms with Crippen molar-refractivity contribution in [2.75, 3.05) is 6.61 Å². The first-order chi connectivity index (χ1) is 6.99. The van der Waals surface area contributed by atoms with Crippen LogP contribution < -0.4 is 5.73 Å². The summed E-state index contributed by atoms with van der Waals surface area (Å²) < 4.78 is 4.76. The van der Waals surface area contributed by atoms with Gasteiger partial charge in [-0.25, -0.2) is 9.59 Å². The molecule has 0 fully saturated rings. The summed E-state index contributed by atoms with van der Waals surface area (Å²) in [5.74, 6) is -1.31. The number of hydrogen-bond donors (Lipinski definition) is 2. The summed E-state index contributed by atoms with van der Waals surface area (Å²) in [6.45, 7) is 6.99. The summed E-state index contributed by atoms with van der Waals surface area (Å²) in [5, 5.41) is 7.60. The molecule has 15 heavy (non-hydrogen) atoms. The van der Waals surface area contributed by atoms with Crippen LogP contribution in [0.1, 0.15) is 20.3 Å². The molecule has 5 nitrogen and oxygen atoms in total. The lowest BCUT2D eigenvalue weighted by Gasteiger charge is -2.00. The lowest BCUT2D eigenvalue weighted by Crippen LogP contribution is -2.07. The second kappa shape index (κ2) is 10.3. The van der Waals surface area contributed by atoms with Gasteiger partial charge < -0.3 is 15.6 Å². The van der Waals surface area contributed by atoms with Crippen LogP contribution in [0.25, 0.3) is 0 Å². The van der Waals surface area contributed by atoms with E-state index in [0.717, 1.165) is 12.5 Å². The van der Waals surface area contributed by atoms with Crippen LogP contribution >= 0.6 is 0 Å². The van der Waals surface area contributed by atoms with Crippen molar-refractivity contribution < 1.29 is 19.4 Å². The predicted octanol–water partition coefficient (Wildman–Crippen LogP) is 1.06. The highest BCUT2D eigenvalue weighted by atomic mass is 16.5. The Morgan fingerprint density at radius 1 is 1.53 bits per heavy atom. The molecule has 0 rings (SSSR count). The molecule has 0 spiro atoms. The summed E-state index contributed by atoms with van der Waals surface area (Å²) in [6.07, 6.45) is 2.92. The van der Waals surface area contributed by atoms with E-state index in [2.05, 4.69) is 6.58 Å². The van der Waals surface area contributed by atoms with Gasteiger partial charge in [0.05, 0.1) is 6.61 Å². The monoisotopic (exact) mass is 215 g/mol. The van der Waals surface area contributed by atoms with Crippen LogP contribution in [0.2, 0.25) is 0 Å². The third kappa shape index (κ3) is 12.2. The predicted molar refractivity (Wildman–Crippen MR) is 57.0 cm³/mol. The van der Waals surface area contributed by atoms with Crippen LogP contribution in [-0.4, -0.2) is 23.7 Å². The van der Waals surface area contributed by atoms with E-state index in [-0.39, 0.29) is 5.97 Å². The number of carboxylic acids is 1. The zero-order valence-corrected chi connectivity index (χ0v) is 9.03. The molecule has 0 atom stereocenters. The minimum Gasteiger partial charge on any atom is -0.478 e. The zero-order valence-electron chi connectivity index (χ0n) is 9.03. The molecule has 3 N–H and O–H groups in total. The van der Waals surface area contributed by atoms with Gasteiger partial charge in [-0.05, 0) is 13.3 Å². The molecule has 0 unspecified atom stereocenters. The van der Waals surface area contributed by atoms with Gasteiger partial charge in [-0.2, -0.15) is 0 Å². The van der Waals surface area contributed by atoms with E-state index in [9.17, 15) is 9.59 Å². The van der Waals surface area contributed by atoms with E-state index in [1.807, 2.05) is 6.92 Å². The second-order valence-corrected chi connectivity index (χ2v) is 2.53. The van der Waals surface area contributed by atoms with E-state index in [0.29, 0.717) is 12.2 Å². The molecule has 0 aromatic carbocycles. The quantitative estimate of drug-likeness (QED) is 0.540. The summed E-state index contributed by atoms with van der Waals surface area (Å²) >= 11 is 0. The fourth-order valence-corrected chi connectivity index (χ4v) is 0.377. The summed E-state index contributed by atoms with van der Waals surface area (Å²) in [4.78, 5) is 20.0. The number of rotatable bonds is 4. The maximum absolute atomic E-state index is 10.8. The van der Waals surface area contributed by atoms with Crippen molar-refractivity contribution >= 4 is 11.9 Å². The molecule has 0 amide bonds. The zero-order chi connectivity index (χ0) is 12.3. The number of ether oxygens (including phenoxy) is 1. The van der Waals surface area contributed by atoms with Gasteiger partial charge in [0.2, 0.25) is 0 Å². The van der Waals surface area contributed by atoms with E-state index in [1.165, 1.54) is 6.20 Å². The molecular formula is C10H17NO4. The van der Waals surface area contributed by atoms with E-state index in [4.69, 9.17) is 15.6 Å². The number of carboxylic acid groups (broad SMARTS) is 1. The first-order valence-electron chi connectivity index (χ1n) is 4.40.